The summed E-state index contributed by atoms with van der Waals surface area (Å²) >= 11 is 0. The van der Waals surface area contributed by atoms with Crippen molar-refractivity contribution in [3.05, 3.63) is 53.6 Å². The van der Waals surface area contributed by atoms with Gasteiger partial charge < -0.3 is 15.4 Å². The lowest BCUT2D eigenvalue weighted by Crippen LogP contribution is -2.41. The molecular formula is C23H29N3O5S. The Morgan fingerprint density at radius 2 is 1.81 bits per heavy atom. The molecular weight excluding hydrogens is 430 g/mol. The van der Waals surface area contributed by atoms with Gasteiger partial charge in [-0.15, -0.1) is 0 Å². The maximum atomic E-state index is 13.1. The number of carbonyl (C=O) groups excluding carboxylic acids is 2. The highest BCUT2D eigenvalue weighted by atomic mass is 32.2. The van der Waals surface area contributed by atoms with Crippen molar-refractivity contribution in [1.82, 2.24) is 5.32 Å². The molecule has 1 unspecified atom stereocenters. The molecule has 0 spiro atoms. The van der Waals surface area contributed by atoms with Crippen molar-refractivity contribution in [3.8, 4) is 5.75 Å². The standard InChI is InChI=1S/C23H29N3O5S/c1-15-10-11-19-18(14-15)26(32(5,29)30)13-12-20(31-19)22(28)24-17-9-7-6-8-16(17)21(27)25-23(2,3)4/h6-11,14,20H,12-13H2,1-5H3,(H,24,28)(H,25,27). The van der Waals surface area contributed by atoms with Crippen molar-refractivity contribution in [2.24, 2.45) is 0 Å². The maximum Gasteiger partial charge on any atom is 0.265 e. The second-order valence-electron chi connectivity index (χ2n) is 8.94. The normalized spacial score (nSPS) is 16.4. The highest BCUT2D eigenvalue weighted by Gasteiger charge is 2.32. The van der Waals surface area contributed by atoms with Crippen molar-refractivity contribution in [2.75, 3.05) is 22.4 Å². The largest absolute Gasteiger partial charge is 0.478 e. The summed E-state index contributed by atoms with van der Waals surface area (Å²) in [6.07, 6.45) is 0.356. The summed E-state index contributed by atoms with van der Waals surface area (Å²) in [5.74, 6) is -0.445. The van der Waals surface area contributed by atoms with Crippen molar-refractivity contribution < 1.29 is 22.7 Å². The fourth-order valence-corrected chi connectivity index (χ4v) is 4.37. The van der Waals surface area contributed by atoms with Crippen LogP contribution >= 0.6 is 0 Å². The summed E-state index contributed by atoms with van der Waals surface area (Å²) in [6.45, 7) is 7.57. The van der Waals surface area contributed by atoms with Crippen LogP contribution in [0.5, 0.6) is 5.75 Å². The van der Waals surface area contributed by atoms with Gasteiger partial charge in [0.15, 0.2) is 6.10 Å². The molecule has 32 heavy (non-hydrogen) atoms. The van der Waals surface area contributed by atoms with Crippen molar-refractivity contribution in [3.63, 3.8) is 0 Å². The van der Waals surface area contributed by atoms with Crippen molar-refractivity contribution in [2.45, 2.75) is 45.8 Å². The number of amides is 2. The molecule has 1 heterocycles. The molecule has 1 aliphatic heterocycles. The molecule has 2 N–H and O–H groups in total. The highest BCUT2D eigenvalue weighted by molar-refractivity contribution is 7.92. The maximum absolute atomic E-state index is 13.1. The summed E-state index contributed by atoms with van der Waals surface area (Å²) in [5, 5.41) is 5.66. The number of carbonyl (C=O) groups is 2. The quantitative estimate of drug-likeness (QED) is 0.731. The number of nitrogens with one attached hydrogen (secondary N) is 2. The number of rotatable bonds is 4. The number of para-hydroxylation sites is 1. The SMILES string of the molecule is Cc1ccc2c(c1)N(S(C)(=O)=O)CCC(C(=O)Nc1ccccc1C(=O)NC(C)(C)C)O2. The summed E-state index contributed by atoms with van der Waals surface area (Å²) in [5.41, 5.74) is 1.54. The van der Waals surface area contributed by atoms with E-state index in [4.69, 9.17) is 4.74 Å². The Morgan fingerprint density at radius 3 is 2.47 bits per heavy atom. The summed E-state index contributed by atoms with van der Waals surface area (Å²) in [4.78, 5) is 25.8. The van der Waals surface area contributed by atoms with Crippen LogP contribution in [0.1, 0.15) is 43.1 Å². The van der Waals surface area contributed by atoms with Crippen LogP contribution < -0.4 is 19.7 Å². The summed E-state index contributed by atoms with van der Waals surface area (Å²) < 4.78 is 31.9. The number of aryl methyl sites for hydroxylation is 1. The Balaban J connectivity index is 1.86. The molecule has 1 atom stereocenters. The van der Waals surface area contributed by atoms with Crippen LogP contribution in [0.25, 0.3) is 0 Å². The zero-order valence-corrected chi connectivity index (χ0v) is 19.7. The molecule has 9 heteroatoms. The third-order valence-corrected chi connectivity index (χ3v) is 6.04. The van der Waals surface area contributed by atoms with Crippen LogP contribution in [0.2, 0.25) is 0 Å². The second-order valence-corrected chi connectivity index (χ2v) is 10.8. The van der Waals surface area contributed by atoms with Crippen LogP contribution in [0.15, 0.2) is 42.5 Å². The van der Waals surface area contributed by atoms with E-state index in [2.05, 4.69) is 10.6 Å². The van der Waals surface area contributed by atoms with Gasteiger partial charge in [0.25, 0.3) is 11.8 Å². The molecule has 172 valence electrons. The topological polar surface area (TPSA) is 105 Å². The smallest absolute Gasteiger partial charge is 0.265 e. The molecule has 0 bridgehead atoms. The number of ether oxygens (including phenoxy) is 1. The third kappa shape index (κ3) is 5.59. The number of sulfonamides is 1. The van der Waals surface area contributed by atoms with E-state index in [9.17, 15) is 18.0 Å². The van der Waals surface area contributed by atoms with Gasteiger partial charge in [-0.3, -0.25) is 13.9 Å². The van der Waals surface area contributed by atoms with E-state index in [1.54, 1.807) is 42.5 Å². The van der Waals surface area contributed by atoms with E-state index in [0.29, 0.717) is 22.7 Å². The molecule has 0 radical (unpaired) electrons. The monoisotopic (exact) mass is 459 g/mol. The fraction of sp³-hybridized carbons (Fsp3) is 0.391. The van der Waals surface area contributed by atoms with Gasteiger partial charge in [-0.2, -0.15) is 0 Å². The number of hydrogen-bond donors (Lipinski definition) is 2. The van der Waals surface area contributed by atoms with Crippen molar-refractivity contribution in [1.29, 1.82) is 0 Å². The van der Waals surface area contributed by atoms with Gasteiger partial charge in [0.1, 0.15) is 5.75 Å². The Bertz CT molecular complexity index is 1140. The summed E-state index contributed by atoms with van der Waals surface area (Å²) in [7, 11) is -3.55. The molecule has 0 saturated heterocycles. The van der Waals surface area contributed by atoms with Crippen LogP contribution in [-0.4, -0.2) is 44.7 Å². The zero-order valence-electron chi connectivity index (χ0n) is 18.9. The van der Waals surface area contributed by atoms with Gasteiger partial charge in [0, 0.05) is 18.5 Å². The Labute approximate surface area is 189 Å². The van der Waals surface area contributed by atoms with Gasteiger partial charge >= 0.3 is 0 Å². The van der Waals surface area contributed by atoms with E-state index >= 15 is 0 Å². The average Bonchev–Trinajstić information content (AvgIpc) is 2.86. The average molecular weight is 460 g/mol. The lowest BCUT2D eigenvalue weighted by Gasteiger charge is -2.22. The minimum absolute atomic E-state index is 0.0968. The molecule has 0 saturated carbocycles. The summed E-state index contributed by atoms with van der Waals surface area (Å²) in [6, 6.07) is 11.9. The number of fused-ring (bicyclic) bond motifs is 1. The van der Waals surface area contributed by atoms with Gasteiger partial charge in [0.2, 0.25) is 10.0 Å². The predicted octanol–water partition coefficient (Wildman–Crippen LogP) is 3.08. The van der Waals surface area contributed by atoms with Crippen LogP contribution in [0.3, 0.4) is 0 Å². The lowest BCUT2D eigenvalue weighted by molar-refractivity contribution is -0.122. The molecule has 8 nitrogen and oxygen atoms in total. The number of nitrogens with zero attached hydrogens (tertiary/aromatic N) is 1. The predicted molar refractivity (Wildman–Crippen MR) is 125 cm³/mol. The first-order valence-corrected chi connectivity index (χ1v) is 12.2. The van der Waals surface area contributed by atoms with E-state index in [-0.39, 0.29) is 18.9 Å². The first-order valence-electron chi connectivity index (χ1n) is 10.3. The molecule has 0 aromatic heterocycles. The van der Waals surface area contributed by atoms with E-state index < -0.39 is 27.6 Å². The Morgan fingerprint density at radius 1 is 1.12 bits per heavy atom. The van der Waals surface area contributed by atoms with Gasteiger partial charge in [-0.1, -0.05) is 18.2 Å². The van der Waals surface area contributed by atoms with Crippen LogP contribution in [0.4, 0.5) is 11.4 Å². The first kappa shape index (κ1) is 23.6. The van der Waals surface area contributed by atoms with Gasteiger partial charge in [-0.05, 0) is 57.5 Å². The third-order valence-electron chi connectivity index (χ3n) is 4.86. The van der Waals surface area contributed by atoms with Crippen LogP contribution in [0, 0.1) is 6.92 Å². The van der Waals surface area contributed by atoms with E-state index in [1.807, 2.05) is 27.7 Å². The zero-order chi connectivity index (χ0) is 23.7. The number of benzene rings is 2. The van der Waals surface area contributed by atoms with Gasteiger partial charge in [-0.25, -0.2) is 8.42 Å². The highest BCUT2D eigenvalue weighted by Crippen LogP contribution is 2.35. The molecule has 2 aromatic carbocycles. The molecule has 3 rings (SSSR count). The number of anilines is 2. The van der Waals surface area contributed by atoms with Gasteiger partial charge in [0.05, 0.1) is 23.2 Å². The molecule has 1 aliphatic rings. The lowest BCUT2D eigenvalue weighted by atomic mass is 10.1. The Kier molecular flexibility index (Phi) is 6.50. The Hall–Kier alpha value is -3.07. The first-order chi connectivity index (χ1) is 14.8. The second kappa shape index (κ2) is 8.82. The molecule has 2 amide bonds. The van der Waals surface area contributed by atoms with E-state index in [1.165, 1.54) is 4.31 Å². The van der Waals surface area contributed by atoms with Crippen molar-refractivity contribution >= 4 is 33.2 Å². The van der Waals surface area contributed by atoms with Crippen LogP contribution in [-0.2, 0) is 14.8 Å². The fourth-order valence-electron chi connectivity index (χ4n) is 3.43. The molecule has 0 aliphatic carbocycles. The molecule has 2 aromatic rings. The minimum atomic E-state index is -3.55. The minimum Gasteiger partial charge on any atom is -0.478 e. The molecule has 0 fully saturated rings. The number of hydrogen-bond acceptors (Lipinski definition) is 5. The van der Waals surface area contributed by atoms with E-state index in [0.717, 1.165) is 11.8 Å².